The molecule has 57 valence electrons. The zero-order chi connectivity index (χ0) is 8.10. The molecular weight excluding hydrogens is 169 g/mol. The Labute approximate surface area is 69.4 Å². The van der Waals surface area contributed by atoms with Crippen molar-refractivity contribution >= 4 is 19.6 Å². The molecule has 0 atom stereocenters. The van der Waals surface area contributed by atoms with Gasteiger partial charge in [0.05, 0.1) is 0 Å². The largest absolute Gasteiger partial charge is 0.590 e. The van der Waals surface area contributed by atoms with Gasteiger partial charge in [-0.2, -0.15) is 0 Å². The minimum Gasteiger partial charge on any atom is -0.536 e. The predicted octanol–water partition coefficient (Wildman–Crippen LogP) is 1.91. The van der Waals surface area contributed by atoms with E-state index < -0.39 is 0 Å². The van der Waals surface area contributed by atoms with Gasteiger partial charge >= 0.3 is 7.69 Å². The molecular formula is C6H4BClFO2. The first-order valence-electron chi connectivity index (χ1n) is 2.84. The van der Waals surface area contributed by atoms with Crippen molar-refractivity contribution in [2.24, 2.45) is 0 Å². The Morgan fingerprint density at radius 2 is 2.27 bits per heavy atom. The van der Waals surface area contributed by atoms with Gasteiger partial charge in [0, 0.05) is 17.9 Å². The molecule has 1 radical (unpaired) electrons. The smallest absolute Gasteiger partial charge is 0.536 e. The van der Waals surface area contributed by atoms with Crippen LogP contribution >= 0.6 is 11.9 Å². The summed E-state index contributed by atoms with van der Waals surface area (Å²) >= 11 is 4.82. The highest BCUT2D eigenvalue weighted by atomic mass is 35.5. The average molecular weight is 173 g/mol. The average Bonchev–Trinajstić information content (AvgIpc) is 2.01. The fraction of sp³-hybridized carbons (Fsp3) is 0. The van der Waals surface area contributed by atoms with Crippen LogP contribution in [0.15, 0.2) is 24.3 Å². The van der Waals surface area contributed by atoms with Gasteiger partial charge in [-0.3, -0.25) is 4.21 Å². The van der Waals surface area contributed by atoms with Crippen LogP contribution in [0.2, 0.25) is 0 Å². The number of hydrogen-bond acceptors (Lipinski definition) is 2. The van der Waals surface area contributed by atoms with Crippen LogP contribution < -0.4 is 4.65 Å². The van der Waals surface area contributed by atoms with E-state index in [4.69, 9.17) is 16.5 Å². The Balaban J connectivity index is 2.56. The molecule has 1 aromatic carbocycles. The number of hydrogen-bond donors (Lipinski definition) is 0. The van der Waals surface area contributed by atoms with Gasteiger partial charge in [-0.05, 0) is 12.1 Å². The summed E-state index contributed by atoms with van der Waals surface area (Å²) in [6.07, 6.45) is 0. The summed E-state index contributed by atoms with van der Waals surface area (Å²) in [6, 6.07) is 5.63. The molecule has 1 rings (SSSR count). The third-order valence-electron chi connectivity index (χ3n) is 1.02. The van der Waals surface area contributed by atoms with Crippen molar-refractivity contribution in [3.8, 4) is 5.75 Å². The van der Waals surface area contributed by atoms with Gasteiger partial charge in [0.1, 0.15) is 11.6 Å². The van der Waals surface area contributed by atoms with Crippen molar-refractivity contribution in [1.82, 2.24) is 0 Å². The summed E-state index contributed by atoms with van der Waals surface area (Å²) in [5.41, 5.74) is 0. The summed E-state index contributed by atoms with van der Waals surface area (Å²) in [6.45, 7) is 0. The standard InChI is InChI=1S/C6H4BClFO2/c8-11-7-10-6-3-1-2-5(9)4-6/h1-4H. The van der Waals surface area contributed by atoms with E-state index in [2.05, 4.69) is 4.21 Å². The molecule has 0 fully saturated rings. The second kappa shape index (κ2) is 4.21. The lowest BCUT2D eigenvalue weighted by atomic mass is 10.3. The van der Waals surface area contributed by atoms with E-state index in [0.717, 1.165) is 7.69 Å². The molecule has 0 unspecified atom stereocenters. The maximum absolute atomic E-state index is 12.4. The molecule has 0 aliphatic heterocycles. The second-order valence-corrected chi connectivity index (χ2v) is 1.94. The predicted molar refractivity (Wildman–Crippen MR) is 39.7 cm³/mol. The molecule has 0 aromatic heterocycles. The van der Waals surface area contributed by atoms with E-state index >= 15 is 0 Å². The molecule has 11 heavy (non-hydrogen) atoms. The van der Waals surface area contributed by atoms with E-state index in [9.17, 15) is 4.39 Å². The number of halogens is 2. The maximum atomic E-state index is 12.4. The summed E-state index contributed by atoms with van der Waals surface area (Å²) < 4.78 is 21.1. The molecule has 0 spiro atoms. The SMILES string of the molecule is Fc1cccc(O[B]OCl)c1. The van der Waals surface area contributed by atoms with E-state index in [1.165, 1.54) is 18.2 Å². The highest BCUT2D eigenvalue weighted by Crippen LogP contribution is 2.10. The molecule has 0 aliphatic rings. The van der Waals surface area contributed by atoms with Crippen molar-refractivity contribution in [1.29, 1.82) is 0 Å². The fourth-order valence-electron chi connectivity index (χ4n) is 0.614. The summed E-state index contributed by atoms with van der Waals surface area (Å²) in [7, 11) is 0.899. The Morgan fingerprint density at radius 1 is 1.45 bits per heavy atom. The lowest BCUT2D eigenvalue weighted by molar-refractivity contribution is 0.480. The molecule has 2 nitrogen and oxygen atoms in total. The minimum absolute atomic E-state index is 0.339. The molecule has 0 saturated carbocycles. The summed E-state index contributed by atoms with van der Waals surface area (Å²) in [4.78, 5) is 0. The van der Waals surface area contributed by atoms with Gasteiger partial charge in [-0.1, -0.05) is 6.07 Å². The van der Waals surface area contributed by atoms with Gasteiger partial charge in [0.2, 0.25) is 0 Å². The first kappa shape index (κ1) is 8.36. The highest BCUT2D eigenvalue weighted by molar-refractivity contribution is 6.31. The molecule has 0 bridgehead atoms. The van der Waals surface area contributed by atoms with E-state index in [-0.39, 0.29) is 5.82 Å². The first-order chi connectivity index (χ1) is 5.33. The Hall–Kier alpha value is -0.735. The van der Waals surface area contributed by atoms with Crippen LogP contribution in [0.3, 0.4) is 0 Å². The van der Waals surface area contributed by atoms with Crippen LogP contribution in [0.25, 0.3) is 0 Å². The van der Waals surface area contributed by atoms with E-state index in [1.54, 1.807) is 6.07 Å². The third-order valence-corrected chi connectivity index (χ3v) is 1.09. The van der Waals surface area contributed by atoms with Gasteiger partial charge < -0.3 is 4.65 Å². The highest BCUT2D eigenvalue weighted by Gasteiger charge is 1.97. The van der Waals surface area contributed by atoms with Crippen LogP contribution in [0.1, 0.15) is 0 Å². The summed E-state index contributed by atoms with van der Waals surface area (Å²) in [5, 5.41) is 0. The molecule has 5 heteroatoms. The lowest BCUT2D eigenvalue weighted by Crippen LogP contribution is -2.01. The topological polar surface area (TPSA) is 18.5 Å². The Bertz CT molecular complexity index is 234. The van der Waals surface area contributed by atoms with Gasteiger partial charge in [-0.25, -0.2) is 4.39 Å². The van der Waals surface area contributed by atoms with E-state index in [0.29, 0.717) is 5.75 Å². The summed E-state index contributed by atoms with van der Waals surface area (Å²) in [5.74, 6) is -0.0314. The van der Waals surface area contributed by atoms with Crippen molar-refractivity contribution in [3.63, 3.8) is 0 Å². The first-order valence-corrected chi connectivity index (χ1v) is 3.15. The van der Waals surface area contributed by atoms with Crippen molar-refractivity contribution in [2.45, 2.75) is 0 Å². The number of rotatable bonds is 3. The molecule has 0 amide bonds. The molecule has 0 N–H and O–H groups in total. The second-order valence-electron chi connectivity index (χ2n) is 1.76. The van der Waals surface area contributed by atoms with E-state index in [1.807, 2.05) is 0 Å². The Kier molecular flexibility index (Phi) is 3.20. The van der Waals surface area contributed by atoms with Crippen molar-refractivity contribution in [3.05, 3.63) is 30.1 Å². The van der Waals surface area contributed by atoms with Gasteiger partial charge in [0.25, 0.3) is 0 Å². The lowest BCUT2D eigenvalue weighted by Gasteiger charge is -2.00. The zero-order valence-electron chi connectivity index (χ0n) is 5.46. The quantitative estimate of drug-likeness (QED) is 0.650. The number of benzene rings is 1. The van der Waals surface area contributed by atoms with Crippen molar-refractivity contribution in [2.75, 3.05) is 0 Å². The molecule has 0 saturated heterocycles. The van der Waals surface area contributed by atoms with Crippen LogP contribution in [0.5, 0.6) is 5.75 Å². The van der Waals surface area contributed by atoms with Crippen LogP contribution in [0.4, 0.5) is 4.39 Å². The minimum atomic E-state index is -0.370. The van der Waals surface area contributed by atoms with Crippen LogP contribution in [0, 0.1) is 5.82 Å². The third kappa shape index (κ3) is 2.78. The van der Waals surface area contributed by atoms with Gasteiger partial charge in [-0.15, -0.1) is 0 Å². The molecule has 0 aliphatic carbocycles. The monoisotopic (exact) mass is 173 g/mol. The zero-order valence-corrected chi connectivity index (χ0v) is 6.22. The van der Waals surface area contributed by atoms with Gasteiger partial charge in [0.15, 0.2) is 0 Å². The molecule has 0 heterocycles. The normalized spacial score (nSPS) is 9.27. The fourth-order valence-corrected chi connectivity index (χ4v) is 0.650. The van der Waals surface area contributed by atoms with Crippen LogP contribution in [-0.4, -0.2) is 7.69 Å². The van der Waals surface area contributed by atoms with Crippen molar-refractivity contribution < 1.29 is 13.3 Å². The Morgan fingerprint density at radius 3 is 2.91 bits per heavy atom. The maximum Gasteiger partial charge on any atom is 0.590 e. The van der Waals surface area contributed by atoms with Crippen LogP contribution in [-0.2, 0) is 4.21 Å². The molecule has 1 aromatic rings.